The van der Waals surface area contributed by atoms with Crippen LogP contribution >= 0.6 is 11.6 Å². The molecule has 0 amide bonds. The lowest BCUT2D eigenvalue weighted by Crippen LogP contribution is -2.15. The van der Waals surface area contributed by atoms with E-state index in [-0.39, 0.29) is 5.84 Å². The highest BCUT2D eigenvalue weighted by molar-refractivity contribution is 6.30. The summed E-state index contributed by atoms with van der Waals surface area (Å²) in [5.41, 5.74) is 7.22. The summed E-state index contributed by atoms with van der Waals surface area (Å²) in [5.74, 6) is 0.474. The Morgan fingerprint density at radius 3 is 2.75 bits per heavy atom. The van der Waals surface area contributed by atoms with E-state index in [1.807, 2.05) is 12.1 Å². The second-order valence-electron chi connectivity index (χ2n) is 4.08. The Balaban J connectivity index is 2.07. The molecule has 2 rings (SSSR count). The minimum absolute atomic E-state index is 0.0134. The second-order valence-corrected chi connectivity index (χ2v) is 4.52. The van der Waals surface area contributed by atoms with Crippen molar-refractivity contribution in [2.75, 3.05) is 6.61 Å². The number of nitrogens with zero attached hydrogens (tertiary/aromatic N) is 2. The van der Waals surface area contributed by atoms with Crippen LogP contribution < -0.4 is 10.5 Å². The van der Waals surface area contributed by atoms with Gasteiger partial charge in [0.05, 0.1) is 12.2 Å². The molecule has 0 fully saturated rings. The zero-order chi connectivity index (χ0) is 14.4. The Bertz CT molecular complexity index is 603. The van der Waals surface area contributed by atoms with E-state index in [1.54, 1.807) is 30.6 Å². The van der Waals surface area contributed by atoms with E-state index in [0.29, 0.717) is 22.9 Å². The van der Waals surface area contributed by atoms with E-state index in [9.17, 15) is 0 Å². The summed E-state index contributed by atoms with van der Waals surface area (Å²) in [5, 5.41) is 12.3. The third-order valence-electron chi connectivity index (χ3n) is 2.73. The van der Waals surface area contributed by atoms with Crippen molar-refractivity contribution in [3.63, 3.8) is 0 Å². The first-order chi connectivity index (χ1) is 9.70. The second kappa shape index (κ2) is 6.77. The van der Waals surface area contributed by atoms with Crippen molar-refractivity contribution in [3.05, 3.63) is 58.9 Å². The fraction of sp³-hybridized carbons (Fsp3) is 0.143. The number of nitrogens with two attached hydrogens (primary N) is 1. The van der Waals surface area contributed by atoms with Crippen LogP contribution in [0, 0.1) is 0 Å². The Morgan fingerprint density at radius 1 is 1.30 bits per heavy atom. The summed E-state index contributed by atoms with van der Waals surface area (Å²) in [6.45, 7) is 0.454. The standard InChI is InChI=1S/C14H14ClN3O2/c15-11-1-2-12(14(16)18-19)13(9-11)20-8-5-10-3-6-17-7-4-10/h1-4,6-7,9,19H,5,8H2,(H2,16,18). The number of pyridine rings is 1. The molecular formula is C14H14ClN3O2. The van der Waals surface area contributed by atoms with E-state index < -0.39 is 0 Å². The van der Waals surface area contributed by atoms with Gasteiger partial charge in [-0.15, -0.1) is 0 Å². The van der Waals surface area contributed by atoms with Crippen molar-refractivity contribution in [2.45, 2.75) is 6.42 Å². The van der Waals surface area contributed by atoms with Crippen LogP contribution in [-0.2, 0) is 6.42 Å². The summed E-state index contributed by atoms with van der Waals surface area (Å²) < 4.78 is 5.67. The molecule has 0 aliphatic carbocycles. The highest BCUT2D eigenvalue weighted by Crippen LogP contribution is 2.23. The van der Waals surface area contributed by atoms with Crippen LogP contribution in [0.5, 0.6) is 5.75 Å². The highest BCUT2D eigenvalue weighted by Gasteiger charge is 2.09. The molecule has 0 unspecified atom stereocenters. The first-order valence-corrected chi connectivity index (χ1v) is 6.37. The number of amidine groups is 1. The molecule has 2 aromatic rings. The maximum absolute atomic E-state index is 8.75. The fourth-order valence-electron chi connectivity index (χ4n) is 1.71. The van der Waals surface area contributed by atoms with Crippen LogP contribution in [0.2, 0.25) is 5.02 Å². The predicted octanol–water partition coefficient (Wildman–Crippen LogP) is 2.45. The zero-order valence-electron chi connectivity index (χ0n) is 10.7. The van der Waals surface area contributed by atoms with Gasteiger partial charge in [0, 0.05) is 23.8 Å². The molecule has 1 aromatic heterocycles. The molecule has 0 bridgehead atoms. The van der Waals surface area contributed by atoms with Crippen molar-refractivity contribution >= 4 is 17.4 Å². The molecule has 0 spiro atoms. The van der Waals surface area contributed by atoms with Crippen LogP contribution in [0.25, 0.3) is 0 Å². The Labute approximate surface area is 121 Å². The molecule has 104 valence electrons. The zero-order valence-corrected chi connectivity index (χ0v) is 11.4. The quantitative estimate of drug-likeness (QED) is 0.384. The van der Waals surface area contributed by atoms with E-state index in [1.165, 1.54) is 0 Å². The van der Waals surface area contributed by atoms with Gasteiger partial charge in [0.2, 0.25) is 0 Å². The van der Waals surface area contributed by atoms with Crippen LogP contribution in [0.15, 0.2) is 47.9 Å². The first-order valence-electron chi connectivity index (χ1n) is 6.00. The third kappa shape index (κ3) is 3.61. The summed E-state index contributed by atoms with van der Waals surface area (Å²) in [6, 6.07) is 8.79. The number of halogens is 1. The van der Waals surface area contributed by atoms with Gasteiger partial charge in [-0.1, -0.05) is 16.8 Å². The Kier molecular flexibility index (Phi) is 4.79. The van der Waals surface area contributed by atoms with Crippen LogP contribution in [0.1, 0.15) is 11.1 Å². The molecule has 1 aromatic carbocycles. The molecule has 0 saturated carbocycles. The van der Waals surface area contributed by atoms with Crippen LogP contribution in [0.3, 0.4) is 0 Å². The molecular weight excluding hydrogens is 278 g/mol. The molecule has 3 N–H and O–H groups in total. The predicted molar refractivity (Wildman–Crippen MR) is 77.4 cm³/mol. The Morgan fingerprint density at radius 2 is 2.05 bits per heavy atom. The maximum Gasteiger partial charge on any atom is 0.173 e. The number of oxime groups is 1. The van der Waals surface area contributed by atoms with Gasteiger partial charge >= 0.3 is 0 Å². The first kappa shape index (κ1) is 14.1. The summed E-state index contributed by atoms with van der Waals surface area (Å²) in [7, 11) is 0. The van der Waals surface area contributed by atoms with Crippen molar-refractivity contribution < 1.29 is 9.94 Å². The fourth-order valence-corrected chi connectivity index (χ4v) is 1.87. The highest BCUT2D eigenvalue weighted by atomic mass is 35.5. The number of aromatic nitrogens is 1. The molecule has 1 heterocycles. The number of hydrogen-bond donors (Lipinski definition) is 2. The molecule has 0 saturated heterocycles. The topological polar surface area (TPSA) is 80.7 Å². The summed E-state index contributed by atoms with van der Waals surface area (Å²) >= 11 is 5.93. The van der Waals surface area contributed by atoms with Gasteiger partial charge in [-0.2, -0.15) is 0 Å². The van der Waals surface area contributed by atoms with Gasteiger partial charge in [-0.05, 0) is 35.9 Å². The minimum Gasteiger partial charge on any atom is -0.492 e. The number of rotatable bonds is 5. The van der Waals surface area contributed by atoms with Crippen molar-refractivity contribution in [1.82, 2.24) is 4.98 Å². The van der Waals surface area contributed by atoms with Crippen molar-refractivity contribution in [2.24, 2.45) is 10.9 Å². The largest absolute Gasteiger partial charge is 0.492 e. The lowest BCUT2D eigenvalue weighted by molar-refractivity contribution is 0.313. The van der Waals surface area contributed by atoms with Crippen LogP contribution in [-0.4, -0.2) is 22.6 Å². The van der Waals surface area contributed by atoms with Crippen molar-refractivity contribution in [1.29, 1.82) is 0 Å². The smallest absolute Gasteiger partial charge is 0.173 e. The van der Waals surface area contributed by atoms with E-state index in [0.717, 1.165) is 12.0 Å². The van der Waals surface area contributed by atoms with Gasteiger partial charge in [0.1, 0.15) is 5.75 Å². The number of hydrogen-bond acceptors (Lipinski definition) is 4. The van der Waals surface area contributed by atoms with E-state index >= 15 is 0 Å². The molecule has 5 nitrogen and oxygen atoms in total. The van der Waals surface area contributed by atoms with E-state index in [2.05, 4.69) is 10.1 Å². The van der Waals surface area contributed by atoms with Crippen LogP contribution in [0.4, 0.5) is 0 Å². The summed E-state index contributed by atoms with van der Waals surface area (Å²) in [4.78, 5) is 3.95. The molecule has 20 heavy (non-hydrogen) atoms. The minimum atomic E-state index is -0.0134. The molecule has 0 aliphatic rings. The molecule has 0 radical (unpaired) electrons. The lowest BCUT2D eigenvalue weighted by Gasteiger charge is -2.11. The van der Waals surface area contributed by atoms with Gasteiger partial charge in [-0.3, -0.25) is 4.98 Å². The van der Waals surface area contributed by atoms with Crippen molar-refractivity contribution in [3.8, 4) is 5.75 Å². The normalized spacial score (nSPS) is 11.3. The lowest BCUT2D eigenvalue weighted by atomic mass is 10.2. The third-order valence-corrected chi connectivity index (χ3v) is 2.96. The molecule has 0 aliphatic heterocycles. The number of benzene rings is 1. The monoisotopic (exact) mass is 291 g/mol. The van der Waals surface area contributed by atoms with Gasteiger partial charge < -0.3 is 15.7 Å². The average molecular weight is 292 g/mol. The van der Waals surface area contributed by atoms with Gasteiger partial charge in [0.15, 0.2) is 5.84 Å². The Hall–Kier alpha value is -2.27. The molecule has 6 heteroatoms. The maximum atomic E-state index is 8.75. The molecule has 0 atom stereocenters. The van der Waals surface area contributed by atoms with Gasteiger partial charge in [-0.25, -0.2) is 0 Å². The van der Waals surface area contributed by atoms with Gasteiger partial charge in [0.25, 0.3) is 0 Å². The summed E-state index contributed by atoms with van der Waals surface area (Å²) in [6.07, 6.45) is 4.19. The number of ether oxygens (including phenoxy) is 1. The SMILES string of the molecule is N/C(=N/O)c1ccc(Cl)cc1OCCc1ccncc1. The van der Waals surface area contributed by atoms with E-state index in [4.69, 9.17) is 27.3 Å². The average Bonchev–Trinajstić information content (AvgIpc) is 2.48.